The highest BCUT2D eigenvalue weighted by atomic mass is 16.5. The number of anilines is 2. The van der Waals surface area contributed by atoms with Gasteiger partial charge in [0.2, 0.25) is 17.7 Å². The summed E-state index contributed by atoms with van der Waals surface area (Å²) in [5.41, 5.74) is 3.47. The Balaban J connectivity index is 1.24. The second-order valence-electron chi connectivity index (χ2n) is 9.37. The number of rotatable bonds is 4. The van der Waals surface area contributed by atoms with E-state index in [1.54, 1.807) is 29.2 Å². The predicted molar refractivity (Wildman–Crippen MR) is 126 cm³/mol. The van der Waals surface area contributed by atoms with Gasteiger partial charge in [-0.3, -0.25) is 24.1 Å². The lowest BCUT2D eigenvalue weighted by atomic mass is 9.82. The summed E-state index contributed by atoms with van der Waals surface area (Å²) < 4.78 is 5.52. The first-order valence-electron chi connectivity index (χ1n) is 11.5. The van der Waals surface area contributed by atoms with Crippen LogP contribution in [0.25, 0.3) is 0 Å². The Morgan fingerprint density at radius 3 is 2.21 bits per heavy atom. The van der Waals surface area contributed by atoms with E-state index in [-0.39, 0.29) is 42.5 Å². The molecule has 2 aromatic rings. The minimum absolute atomic E-state index is 0.0950. The van der Waals surface area contributed by atoms with Gasteiger partial charge in [0.25, 0.3) is 0 Å². The van der Waals surface area contributed by atoms with Crippen LogP contribution in [-0.2, 0) is 19.2 Å². The summed E-state index contributed by atoms with van der Waals surface area (Å²) >= 11 is 0. The molecule has 0 unspecified atom stereocenters. The maximum atomic E-state index is 12.9. The van der Waals surface area contributed by atoms with Crippen molar-refractivity contribution in [3.05, 3.63) is 65.7 Å². The number of nitrogens with zero attached hydrogens (tertiary/aromatic N) is 2. The Bertz CT molecular complexity index is 1200. The van der Waals surface area contributed by atoms with Gasteiger partial charge in [0, 0.05) is 18.7 Å². The van der Waals surface area contributed by atoms with Crippen LogP contribution in [0.3, 0.4) is 0 Å². The second-order valence-corrected chi connectivity index (χ2v) is 9.37. The van der Waals surface area contributed by atoms with E-state index in [4.69, 9.17) is 4.74 Å². The Hall–Kier alpha value is -3.74. The number of amides is 3. The van der Waals surface area contributed by atoms with Crippen molar-refractivity contribution in [3.8, 4) is 5.75 Å². The third-order valence-electron chi connectivity index (χ3n) is 6.94. The summed E-state index contributed by atoms with van der Waals surface area (Å²) in [6.45, 7) is 4.23. The van der Waals surface area contributed by atoms with E-state index in [0.717, 1.165) is 16.8 Å². The second kappa shape index (κ2) is 8.56. The third kappa shape index (κ3) is 3.91. The van der Waals surface area contributed by atoms with Crippen LogP contribution in [0.2, 0.25) is 0 Å². The monoisotopic (exact) mass is 458 g/mol. The number of esters is 1. The molecule has 5 rings (SSSR count). The minimum atomic E-state index is -0.561. The largest absolute Gasteiger partial charge is 0.426 e. The molecule has 2 fully saturated rings. The fourth-order valence-electron chi connectivity index (χ4n) is 4.99. The summed E-state index contributed by atoms with van der Waals surface area (Å²) in [5, 5.41) is 0. The van der Waals surface area contributed by atoms with E-state index >= 15 is 0 Å². The maximum absolute atomic E-state index is 12.9. The van der Waals surface area contributed by atoms with Crippen molar-refractivity contribution in [1.82, 2.24) is 0 Å². The molecule has 0 spiro atoms. The van der Waals surface area contributed by atoms with Crippen LogP contribution in [0.4, 0.5) is 11.4 Å². The van der Waals surface area contributed by atoms with E-state index in [1.165, 1.54) is 4.90 Å². The van der Waals surface area contributed by atoms with Crippen molar-refractivity contribution in [2.45, 2.75) is 33.1 Å². The molecular formula is C27H26N2O5. The normalized spacial score (nSPS) is 24.4. The van der Waals surface area contributed by atoms with Gasteiger partial charge in [-0.1, -0.05) is 29.3 Å². The van der Waals surface area contributed by atoms with E-state index < -0.39 is 11.9 Å². The van der Waals surface area contributed by atoms with Gasteiger partial charge < -0.3 is 9.64 Å². The lowest BCUT2D eigenvalue weighted by Gasteiger charge is -2.18. The lowest BCUT2D eigenvalue weighted by molar-refractivity contribution is -0.139. The van der Waals surface area contributed by atoms with E-state index in [9.17, 15) is 19.2 Å². The number of hydrogen-bond donors (Lipinski definition) is 0. The molecule has 2 heterocycles. The zero-order valence-corrected chi connectivity index (χ0v) is 19.2. The van der Waals surface area contributed by atoms with Crippen molar-refractivity contribution in [2.24, 2.45) is 17.8 Å². The van der Waals surface area contributed by atoms with Crippen LogP contribution >= 0.6 is 0 Å². The van der Waals surface area contributed by atoms with Crippen LogP contribution < -0.4 is 14.5 Å². The van der Waals surface area contributed by atoms with Gasteiger partial charge in [0.15, 0.2) is 0 Å². The van der Waals surface area contributed by atoms with Gasteiger partial charge in [-0.05, 0) is 63.1 Å². The summed E-state index contributed by atoms with van der Waals surface area (Å²) in [6.07, 6.45) is 3.33. The molecule has 2 aromatic carbocycles. The van der Waals surface area contributed by atoms with Crippen LogP contribution in [0, 0.1) is 24.7 Å². The highest BCUT2D eigenvalue weighted by molar-refractivity contribution is 6.22. The Kier molecular flexibility index (Phi) is 5.55. The molecule has 0 saturated carbocycles. The number of allylic oxidation sites excluding steroid dienone is 2. The number of ether oxygens (including phenoxy) is 1. The molecule has 0 bridgehead atoms. The number of carbonyl (C=O) groups excluding carboxylic acids is 4. The molecule has 174 valence electrons. The molecule has 1 aliphatic carbocycles. The number of benzene rings is 2. The average molecular weight is 459 g/mol. The molecule has 0 aromatic heterocycles. The number of imide groups is 1. The predicted octanol–water partition coefficient (Wildman–Crippen LogP) is 3.80. The van der Waals surface area contributed by atoms with E-state index in [1.807, 2.05) is 44.2 Å². The van der Waals surface area contributed by atoms with Crippen molar-refractivity contribution in [1.29, 1.82) is 0 Å². The van der Waals surface area contributed by atoms with Gasteiger partial charge in [-0.2, -0.15) is 0 Å². The van der Waals surface area contributed by atoms with Crippen molar-refractivity contribution < 1.29 is 23.9 Å². The Labute approximate surface area is 198 Å². The number of fused-ring (bicyclic) bond motifs is 1. The molecule has 0 radical (unpaired) electrons. The van der Waals surface area contributed by atoms with Gasteiger partial charge in [-0.25, -0.2) is 0 Å². The average Bonchev–Trinajstić information content (AvgIpc) is 3.32. The topological polar surface area (TPSA) is 84.0 Å². The molecular weight excluding hydrogens is 432 g/mol. The lowest BCUT2D eigenvalue weighted by Crippen LogP contribution is -2.30. The first-order chi connectivity index (χ1) is 16.3. The first kappa shape index (κ1) is 22.1. The molecule has 34 heavy (non-hydrogen) atoms. The molecule has 3 aliphatic rings. The number of hydrogen-bond acceptors (Lipinski definition) is 5. The summed E-state index contributed by atoms with van der Waals surface area (Å²) in [6, 6.07) is 14.0. The standard InChI is InChI=1S/C27H26N2O5/c1-16-3-6-19(7-4-16)28-15-18(14-24(28)30)27(33)34-21-10-8-20(9-11-21)29-25(31)22-12-5-17(2)13-23(22)26(29)32/h3-11,18,22-23H,12-15H2,1-2H3/t18-,22-,23-/m0/s1. The van der Waals surface area contributed by atoms with Crippen LogP contribution in [0.1, 0.15) is 31.7 Å². The number of aryl methyl sites for hydroxylation is 1. The smallest absolute Gasteiger partial charge is 0.316 e. The van der Waals surface area contributed by atoms with Crippen molar-refractivity contribution in [2.75, 3.05) is 16.3 Å². The molecule has 2 saturated heterocycles. The van der Waals surface area contributed by atoms with Gasteiger partial charge in [0.1, 0.15) is 5.75 Å². The summed E-state index contributed by atoms with van der Waals surface area (Å²) in [4.78, 5) is 53.8. The zero-order chi connectivity index (χ0) is 24.0. The first-order valence-corrected chi connectivity index (χ1v) is 11.5. The number of carbonyl (C=O) groups is 4. The van der Waals surface area contributed by atoms with Gasteiger partial charge in [0.05, 0.1) is 23.4 Å². The summed E-state index contributed by atoms with van der Waals surface area (Å²) in [5.74, 6) is -1.79. The van der Waals surface area contributed by atoms with Crippen molar-refractivity contribution >= 4 is 35.1 Å². The van der Waals surface area contributed by atoms with Crippen LogP contribution in [0.5, 0.6) is 5.75 Å². The highest BCUT2D eigenvalue weighted by Gasteiger charge is 2.48. The van der Waals surface area contributed by atoms with Crippen molar-refractivity contribution in [3.63, 3.8) is 0 Å². The van der Waals surface area contributed by atoms with Crippen LogP contribution in [-0.4, -0.2) is 30.2 Å². The molecule has 0 N–H and O–H groups in total. The zero-order valence-electron chi connectivity index (χ0n) is 19.2. The molecule has 2 aliphatic heterocycles. The van der Waals surface area contributed by atoms with Gasteiger partial charge in [-0.15, -0.1) is 0 Å². The fourth-order valence-corrected chi connectivity index (χ4v) is 4.99. The molecule has 7 nitrogen and oxygen atoms in total. The third-order valence-corrected chi connectivity index (χ3v) is 6.94. The molecule has 7 heteroatoms. The minimum Gasteiger partial charge on any atom is -0.426 e. The Morgan fingerprint density at radius 2 is 1.50 bits per heavy atom. The van der Waals surface area contributed by atoms with E-state index in [0.29, 0.717) is 24.3 Å². The highest BCUT2D eigenvalue weighted by Crippen LogP contribution is 2.40. The SMILES string of the molecule is CC1=CC[C@@H]2C(=O)N(c3ccc(OC(=O)[C@H]4CC(=O)N(c5ccc(C)cc5)C4)cc3)C(=O)[C@H]2C1. The molecule has 3 amide bonds. The van der Waals surface area contributed by atoms with Gasteiger partial charge >= 0.3 is 5.97 Å². The van der Waals surface area contributed by atoms with E-state index in [2.05, 4.69) is 0 Å². The molecule has 3 atom stereocenters. The maximum Gasteiger partial charge on any atom is 0.316 e. The fraction of sp³-hybridized carbons (Fsp3) is 0.333. The van der Waals surface area contributed by atoms with Crippen LogP contribution in [0.15, 0.2) is 60.2 Å². The summed E-state index contributed by atoms with van der Waals surface area (Å²) in [7, 11) is 0. The Morgan fingerprint density at radius 1 is 0.853 bits per heavy atom. The quantitative estimate of drug-likeness (QED) is 0.301.